The number of aromatic carboxylic acids is 1. The van der Waals surface area contributed by atoms with E-state index in [4.69, 9.17) is 19.3 Å². The quantitative estimate of drug-likeness (QED) is 0.809. The van der Waals surface area contributed by atoms with Gasteiger partial charge in [0.1, 0.15) is 5.75 Å². The lowest BCUT2D eigenvalue weighted by molar-refractivity contribution is -0.118. The number of carboxylic acid groups (broad SMARTS) is 1. The smallest absolute Gasteiger partial charge is 0.335 e. The van der Waals surface area contributed by atoms with Gasteiger partial charge in [-0.1, -0.05) is 12.1 Å². The molecule has 0 saturated carbocycles. The van der Waals surface area contributed by atoms with Crippen molar-refractivity contribution in [1.82, 2.24) is 0 Å². The van der Waals surface area contributed by atoms with Gasteiger partial charge in [-0.2, -0.15) is 0 Å². The topological polar surface area (TPSA) is 94.1 Å². The fourth-order valence-electron chi connectivity index (χ4n) is 2.00. The zero-order chi connectivity index (χ0) is 17.5. The molecule has 7 heteroatoms. The van der Waals surface area contributed by atoms with Crippen LogP contribution in [0.15, 0.2) is 42.5 Å². The summed E-state index contributed by atoms with van der Waals surface area (Å²) in [6, 6.07) is 11.1. The van der Waals surface area contributed by atoms with E-state index in [2.05, 4.69) is 5.32 Å². The molecular formula is C17H17NO6. The average molecular weight is 331 g/mol. The van der Waals surface area contributed by atoms with E-state index in [1.807, 2.05) is 0 Å². The first kappa shape index (κ1) is 17.1. The molecule has 1 amide bonds. The number of nitrogens with one attached hydrogen (secondary N) is 1. The molecule has 2 aromatic rings. The van der Waals surface area contributed by atoms with Gasteiger partial charge in [-0.05, 0) is 30.3 Å². The Bertz CT molecular complexity index is 744. The molecule has 126 valence electrons. The van der Waals surface area contributed by atoms with Crippen molar-refractivity contribution >= 4 is 17.6 Å². The maximum absolute atomic E-state index is 12.0. The number of para-hydroxylation sites is 2. The number of rotatable bonds is 7. The molecule has 0 radical (unpaired) electrons. The first-order valence-corrected chi connectivity index (χ1v) is 7.02. The Balaban J connectivity index is 2.02. The van der Waals surface area contributed by atoms with Crippen LogP contribution in [0.4, 0.5) is 5.69 Å². The summed E-state index contributed by atoms with van der Waals surface area (Å²) in [6.07, 6.45) is 0. The van der Waals surface area contributed by atoms with Crippen LogP contribution in [0.1, 0.15) is 10.4 Å². The third-order valence-corrected chi connectivity index (χ3v) is 3.15. The Morgan fingerprint density at radius 3 is 2.38 bits per heavy atom. The number of carbonyl (C=O) groups is 2. The number of amides is 1. The van der Waals surface area contributed by atoms with Gasteiger partial charge in [-0.15, -0.1) is 0 Å². The SMILES string of the molecule is COc1ccccc1NC(=O)COc1ccc(C(=O)O)cc1OC. The minimum absolute atomic E-state index is 0.0673. The van der Waals surface area contributed by atoms with Crippen molar-refractivity contribution in [3.8, 4) is 17.2 Å². The molecule has 2 rings (SSSR count). The van der Waals surface area contributed by atoms with Crippen LogP contribution < -0.4 is 19.5 Å². The summed E-state index contributed by atoms with van der Waals surface area (Å²) < 4.78 is 15.6. The zero-order valence-corrected chi connectivity index (χ0v) is 13.2. The summed E-state index contributed by atoms with van der Waals surface area (Å²) in [4.78, 5) is 22.9. The summed E-state index contributed by atoms with van der Waals surface area (Å²) in [7, 11) is 2.90. The van der Waals surface area contributed by atoms with E-state index < -0.39 is 5.97 Å². The van der Waals surface area contributed by atoms with E-state index in [0.717, 1.165) is 0 Å². The first-order valence-electron chi connectivity index (χ1n) is 7.02. The second-order valence-corrected chi connectivity index (χ2v) is 4.71. The number of ether oxygens (including phenoxy) is 3. The van der Waals surface area contributed by atoms with Crippen molar-refractivity contribution in [3.05, 3.63) is 48.0 Å². The molecule has 0 heterocycles. The fourth-order valence-corrected chi connectivity index (χ4v) is 2.00. The van der Waals surface area contributed by atoms with Crippen LogP contribution in [0.2, 0.25) is 0 Å². The Hall–Kier alpha value is -3.22. The zero-order valence-electron chi connectivity index (χ0n) is 13.2. The predicted molar refractivity (Wildman–Crippen MR) is 87.1 cm³/mol. The highest BCUT2D eigenvalue weighted by Gasteiger charge is 2.12. The highest BCUT2D eigenvalue weighted by molar-refractivity contribution is 5.93. The van der Waals surface area contributed by atoms with E-state index in [-0.39, 0.29) is 29.6 Å². The Morgan fingerprint density at radius 2 is 1.71 bits per heavy atom. The molecule has 0 aliphatic rings. The summed E-state index contributed by atoms with van der Waals surface area (Å²) >= 11 is 0. The average Bonchev–Trinajstić information content (AvgIpc) is 2.60. The molecule has 0 aliphatic carbocycles. The molecule has 0 unspecified atom stereocenters. The standard InChI is InChI=1S/C17H17NO6/c1-22-13-6-4-3-5-12(13)18-16(19)10-24-14-8-7-11(17(20)21)9-15(14)23-2/h3-9H,10H2,1-2H3,(H,18,19)(H,20,21). The summed E-state index contributed by atoms with van der Waals surface area (Å²) in [5.74, 6) is -0.412. The lowest BCUT2D eigenvalue weighted by Crippen LogP contribution is -2.20. The maximum Gasteiger partial charge on any atom is 0.335 e. The van der Waals surface area contributed by atoms with Gasteiger partial charge in [0, 0.05) is 0 Å². The van der Waals surface area contributed by atoms with Crippen molar-refractivity contribution in [3.63, 3.8) is 0 Å². The normalized spacial score (nSPS) is 9.92. The van der Waals surface area contributed by atoms with Gasteiger partial charge < -0.3 is 24.6 Å². The highest BCUT2D eigenvalue weighted by atomic mass is 16.5. The van der Waals surface area contributed by atoms with Gasteiger partial charge in [0.2, 0.25) is 0 Å². The molecule has 0 spiro atoms. The third kappa shape index (κ3) is 4.16. The second kappa shape index (κ2) is 7.87. The molecule has 7 nitrogen and oxygen atoms in total. The maximum atomic E-state index is 12.0. The molecule has 24 heavy (non-hydrogen) atoms. The molecule has 0 atom stereocenters. The van der Waals surface area contributed by atoms with Crippen molar-refractivity contribution in [2.75, 3.05) is 26.1 Å². The van der Waals surface area contributed by atoms with Crippen LogP contribution in [0.25, 0.3) is 0 Å². The van der Waals surface area contributed by atoms with Gasteiger partial charge in [-0.25, -0.2) is 4.79 Å². The van der Waals surface area contributed by atoms with E-state index in [0.29, 0.717) is 11.4 Å². The van der Waals surface area contributed by atoms with Crippen LogP contribution in [0, 0.1) is 0 Å². The van der Waals surface area contributed by atoms with Gasteiger partial charge >= 0.3 is 5.97 Å². The van der Waals surface area contributed by atoms with Crippen molar-refractivity contribution in [1.29, 1.82) is 0 Å². The summed E-state index contributed by atoms with van der Waals surface area (Å²) in [6.45, 7) is -0.263. The Morgan fingerprint density at radius 1 is 1.00 bits per heavy atom. The van der Waals surface area contributed by atoms with Gasteiger partial charge in [0.25, 0.3) is 5.91 Å². The van der Waals surface area contributed by atoms with Crippen LogP contribution in [-0.2, 0) is 4.79 Å². The molecule has 2 N–H and O–H groups in total. The van der Waals surface area contributed by atoms with E-state index in [1.54, 1.807) is 24.3 Å². The molecule has 0 aliphatic heterocycles. The van der Waals surface area contributed by atoms with Gasteiger partial charge in [0.05, 0.1) is 25.5 Å². The van der Waals surface area contributed by atoms with Crippen LogP contribution in [0.3, 0.4) is 0 Å². The largest absolute Gasteiger partial charge is 0.495 e. The minimum Gasteiger partial charge on any atom is -0.495 e. The van der Waals surface area contributed by atoms with Crippen LogP contribution in [-0.4, -0.2) is 37.8 Å². The van der Waals surface area contributed by atoms with Gasteiger partial charge in [-0.3, -0.25) is 4.79 Å². The Kier molecular flexibility index (Phi) is 5.62. The van der Waals surface area contributed by atoms with E-state index in [9.17, 15) is 9.59 Å². The monoisotopic (exact) mass is 331 g/mol. The second-order valence-electron chi connectivity index (χ2n) is 4.71. The predicted octanol–water partition coefficient (Wildman–Crippen LogP) is 2.42. The lowest BCUT2D eigenvalue weighted by atomic mass is 10.2. The lowest BCUT2D eigenvalue weighted by Gasteiger charge is -2.12. The van der Waals surface area contributed by atoms with Gasteiger partial charge in [0.15, 0.2) is 18.1 Å². The third-order valence-electron chi connectivity index (χ3n) is 3.15. The number of hydrogen-bond donors (Lipinski definition) is 2. The van der Waals surface area contributed by atoms with E-state index in [1.165, 1.54) is 32.4 Å². The van der Waals surface area contributed by atoms with Crippen LogP contribution >= 0.6 is 0 Å². The molecule has 0 aromatic heterocycles. The molecule has 0 bridgehead atoms. The molecule has 0 fully saturated rings. The number of methoxy groups -OCH3 is 2. The number of anilines is 1. The van der Waals surface area contributed by atoms with Crippen molar-refractivity contribution < 1.29 is 28.9 Å². The summed E-state index contributed by atoms with van der Waals surface area (Å²) in [5.41, 5.74) is 0.597. The first-order chi connectivity index (χ1) is 11.5. The minimum atomic E-state index is -1.08. The Labute approximate surface area is 138 Å². The molecular weight excluding hydrogens is 314 g/mol. The molecule has 0 saturated heterocycles. The number of benzene rings is 2. The molecule has 2 aromatic carbocycles. The van der Waals surface area contributed by atoms with Crippen molar-refractivity contribution in [2.24, 2.45) is 0 Å². The number of carbonyl (C=O) groups excluding carboxylic acids is 1. The fraction of sp³-hybridized carbons (Fsp3) is 0.176. The van der Waals surface area contributed by atoms with Crippen LogP contribution in [0.5, 0.6) is 17.2 Å². The highest BCUT2D eigenvalue weighted by Crippen LogP contribution is 2.28. The summed E-state index contributed by atoms with van der Waals surface area (Å²) in [5, 5.41) is 11.6. The number of carboxylic acids is 1. The van der Waals surface area contributed by atoms with E-state index >= 15 is 0 Å². The van der Waals surface area contributed by atoms with Crippen molar-refractivity contribution in [2.45, 2.75) is 0 Å². The number of hydrogen-bond acceptors (Lipinski definition) is 5.